The van der Waals surface area contributed by atoms with Gasteiger partial charge in [-0.15, -0.1) is 23.1 Å². The molecule has 28 heavy (non-hydrogen) atoms. The van der Waals surface area contributed by atoms with E-state index in [-0.39, 0.29) is 24.1 Å². The van der Waals surface area contributed by atoms with Crippen LogP contribution in [0.1, 0.15) is 22.5 Å². The number of ether oxygens (including phenoxy) is 1. The first-order valence-corrected chi connectivity index (χ1v) is 10.6. The molecule has 2 aromatic rings. The molecule has 1 heterocycles. The number of methoxy groups -OCH3 is 1. The first-order chi connectivity index (χ1) is 13.6. The lowest BCUT2D eigenvalue weighted by molar-refractivity contribution is -0.115. The van der Waals surface area contributed by atoms with Crippen LogP contribution in [0.4, 0.5) is 11.4 Å². The van der Waals surface area contributed by atoms with Crippen LogP contribution in [0.25, 0.3) is 0 Å². The number of hydrogen-bond donors (Lipinski definition) is 3. The van der Waals surface area contributed by atoms with Gasteiger partial charge >= 0.3 is 5.97 Å². The molecule has 1 aliphatic carbocycles. The lowest BCUT2D eigenvalue weighted by Crippen LogP contribution is -2.29. The van der Waals surface area contributed by atoms with Crippen LogP contribution in [0.15, 0.2) is 40.6 Å². The Balaban J connectivity index is 1.54. The van der Waals surface area contributed by atoms with Crippen LogP contribution in [0.2, 0.25) is 0 Å². The van der Waals surface area contributed by atoms with E-state index in [1.165, 1.54) is 30.2 Å². The van der Waals surface area contributed by atoms with Crippen LogP contribution in [-0.4, -0.2) is 43.2 Å². The van der Waals surface area contributed by atoms with Crippen molar-refractivity contribution < 1.29 is 19.1 Å². The van der Waals surface area contributed by atoms with Gasteiger partial charge in [0, 0.05) is 10.9 Å². The van der Waals surface area contributed by atoms with Gasteiger partial charge < -0.3 is 20.7 Å². The van der Waals surface area contributed by atoms with Crippen molar-refractivity contribution in [3.63, 3.8) is 0 Å². The van der Waals surface area contributed by atoms with E-state index < -0.39 is 5.97 Å². The molecule has 7 nitrogen and oxygen atoms in total. The highest BCUT2D eigenvalue weighted by molar-refractivity contribution is 8.00. The normalized spacial score (nSPS) is 13.0. The van der Waals surface area contributed by atoms with Gasteiger partial charge in [-0.25, -0.2) is 4.79 Å². The van der Waals surface area contributed by atoms with Gasteiger partial charge in [0.05, 0.1) is 30.8 Å². The molecule has 2 amide bonds. The summed E-state index contributed by atoms with van der Waals surface area (Å²) in [5, 5.41) is 10.5. The average molecular weight is 420 g/mol. The maximum atomic E-state index is 12.3. The molecule has 1 aliphatic rings. The molecule has 0 unspecified atom stereocenters. The Morgan fingerprint density at radius 1 is 1.11 bits per heavy atom. The molecule has 3 N–H and O–H groups in total. The van der Waals surface area contributed by atoms with Crippen molar-refractivity contribution in [1.82, 2.24) is 5.32 Å². The number of hydrogen-bond acceptors (Lipinski definition) is 7. The molecule has 0 atom stereocenters. The van der Waals surface area contributed by atoms with Gasteiger partial charge in [0.15, 0.2) is 0 Å². The summed E-state index contributed by atoms with van der Waals surface area (Å²) in [4.78, 5) is 37.2. The van der Waals surface area contributed by atoms with Crippen molar-refractivity contribution in [3.8, 4) is 0 Å². The molecule has 9 heteroatoms. The minimum Gasteiger partial charge on any atom is -0.465 e. The zero-order chi connectivity index (χ0) is 19.9. The molecule has 0 saturated heterocycles. The smallest absolute Gasteiger partial charge is 0.350 e. The predicted octanol–water partition coefficient (Wildman–Crippen LogP) is 2.96. The summed E-state index contributed by atoms with van der Waals surface area (Å²) in [6.07, 6.45) is 2.24. The van der Waals surface area contributed by atoms with E-state index in [9.17, 15) is 14.4 Å². The minimum atomic E-state index is -0.481. The van der Waals surface area contributed by atoms with Crippen LogP contribution in [0.5, 0.6) is 0 Å². The zero-order valence-corrected chi connectivity index (χ0v) is 17.0. The second-order valence-corrected chi connectivity index (χ2v) is 8.12. The summed E-state index contributed by atoms with van der Waals surface area (Å²) in [6, 6.07) is 9.48. The van der Waals surface area contributed by atoms with E-state index in [4.69, 9.17) is 4.74 Å². The molecule has 1 saturated carbocycles. The third-order valence-electron chi connectivity index (χ3n) is 3.96. The molecule has 148 valence electrons. The van der Waals surface area contributed by atoms with E-state index >= 15 is 0 Å². The molecular formula is C19H21N3O4S2. The number of amides is 2. The second kappa shape index (κ2) is 9.72. The summed E-state index contributed by atoms with van der Waals surface area (Å²) in [5.74, 6) is -0.690. The lowest BCUT2D eigenvalue weighted by Gasteiger charge is -2.11. The number of carbonyl (C=O) groups excluding carboxylic acids is 3. The number of para-hydroxylation sites is 1. The molecule has 0 bridgehead atoms. The summed E-state index contributed by atoms with van der Waals surface area (Å²) < 4.78 is 4.71. The van der Waals surface area contributed by atoms with Gasteiger partial charge in [-0.1, -0.05) is 12.1 Å². The SMILES string of the molecule is COC(=O)c1sccc1NC(=O)CSc1ccccc1NC(=O)CNC1CC1. The van der Waals surface area contributed by atoms with Crippen molar-refractivity contribution in [2.45, 2.75) is 23.8 Å². The fourth-order valence-corrected chi connectivity index (χ4v) is 3.98. The van der Waals surface area contributed by atoms with Gasteiger partial charge in [-0.2, -0.15) is 0 Å². The van der Waals surface area contributed by atoms with Crippen molar-refractivity contribution >= 4 is 52.3 Å². The Morgan fingerprint density at radius 3 is 2.61 bits per heavy atom. The van der Waals surface area contributed by atoms with Crippen molar-refractivity contribution in [2.24, 2.45) is 0 Å². The maximum Gasteiger partial charge on any atom is 0.350 e. The number of thiophene rings is 1. The van der Waals surface area contributed by atoms with Gasteiger partial charge in [0.25, 0.3) is 0 Å². The predicted molar refractivity (Wildman–Crippen MR) is 111 cm³/mol. The highest BCUT2D eigenvalue weighted by atomic mass is 32.2. The molecule has 1 aromatic carbocycles. The number of esters is 1. The molecular weight excluding hydrogens is 398 g/mol. The minimum absolute atomic E-state index is 0.106. The summed E-state index contributed by atoms with van der Waals surface area (Å²) in [5.41, 5.74) is 1.11. The van der Waals surface area contributed by atoms with Crippen molar-refractivity contribution in [2.75, 3.05) is 30.0 Å². The van der Waals surface area contributed by atoms with Gasteiger partial charge in [-0.05, 0) is 36.4 Å². The van der Waals surface area contributed by atoms with Crippen LogP contribution in [0.3, 0.4) is 0 Å². The van der Waals surface area contributed by atoms with Crippen LogP contribution in [0, 0.1) is 0 Å². The molecule has 1 fully saturated rings. The van der Waals surface area contributed by atoms with E-state index in [0.717, 1.165) is 17.7 Å². The first kappa shape index (κ1) is 20.4. The van der Waals surface area contributed by atoms with Crippen molar-refractivity contribution in [3.05, 3.63) is 40.6 Å². The summed E-state index contributed by atoms with van der Waals surface area (Å²) >= 11 is 2.53. The lowest BCUT2D eigenvalue weighted by atomic mass is 10.3. The molecule has 0 spiro atoms. The average Bonchev–Trinajstić information content (AvgIpc) is 3.42. The molecule has 0 radical (unpaired) electrons. The van der Waals surface area contributed by atoms with E-state index in [0.29, 0.717) is 22.3 Å². The number of benzene rings is 1. The first-order valence-electron chi connectivity index (χ1n) is 8.77. The molecule has 3 rings (SSSR count). The quantitative estimate of drug-likeness (QED) is 0.427. The molecule has 0 aliphatic heterocycles. The number of rotatable bonds is 9. The van der Waals surface area contributed by atoms with E-state index in [2.05, 4.69) is 16.0 Å². The topological polar surface area (TPSA) is 96.5 Å². The fourth-order valence-electron chi connectivity index (χ4n) is 2.40. The number of carbonyl (C=O) groups is 3. The fraction of sp³-hybridized carbons (Fsp3) is 0.316. The third-order valence-corrected chi connectivity index (χ3v) is 5.93. The van der Waals surface area contributed by atoms with Crippen LogP contribution < -0.4 is 16.0 Å². The van der Waals surface area contributed by atoms with Gasteiger partial charge in [0.2, 0.25) is 11.8 Å². The monoisotopic (exact) mass is 419 g/mol. The highest BCUT2D eigenvalue weighted by Crippen LogP contribution is 2.28. The van der Waals surface area contributed by atoms with E-state index in [1.807, 2.05) is 24.3 Å². The van der Waals surface area contributed by atoms with Crippen LogP contribution in [-0.2, 0) is 14.3 Å². The Kier molecular flexibility index (Phi) is 7.07. The van der Waals surface area contributed by atoms with Crippen molar-refractivity contribution in [1.29, 1.82) is 0 Å². The Morgan fingerprint density at radius 2 is 1.86 bits per heavy atom. The Bertz CT molecular complexity index is 864. The zero-order valence-electron chi connectivity index (χ0n) is 15.3. The van der Waals surface area contributed by atoms with Gasteiger partial charge in [-0.3, -0.25) is 9.59 Å². The second-order valence-electron chi connectivity index (χ2n) is 6.19. The highest BCUT2D eigenvalue weighted by Gasteiger charge is 2.21. The Labute approximate surface area is 171 Å². The number of anilines is 2. The summed E-state index contributed by atoms with van der Waals surface area (Å²) in [7, 11) is 1.30. The largest absolute Gasteiger partial charge is 0.465 e. The standard InChI is InChI=1S/C19H21N3O4S2/c1-26-19(25)18-14(8-9-27-18)22-17(24)11-28-15-5-3-2-4-13(15)21-16(23)10-20-12-6-7-12/h2-5,8-9,12,20H,6-7,10-11H2,1H3,(H,21,23)(H,22,24). The third kappa shape index (κ3) is 5.82. The maximum absolute atomic E-state index is 12.3. The number of thioether (sulfide) groups is 1. The Hall–Kier alpha value is -2.36. The number of nitrogens with one attached hydrogen (secondary N) is 3. The van der Waals surface area contributed by atoms with Gasteiger partial charge in [0.1, 0.15) is 4.88 Å². The van der Waals surface area contributed by atoms with E-state index in [1.54, 1.807) is 11.4 Å². The summed E-state index contributed by atoms with van der Waals surface area (Å²) in [6.45, 7) is 0.276. The van der Waals surface area contributed by atoms with Crippen LogP contribution >= 0.6 is 23.1 Å². The molecule has 1 aromatic heterocycles.